The molecule has 0 aliphatic rings. The zero-order chi connectivity index (χ0) is 14.1. The Labute approximate surface area is 113 Å². The SMILES string of the molecule is Nc1noc(-c2ccccc2)c1-c1ccc(F)cc1F. The van der Waals surface area contributed by atoms with E-state index in [9.17, 15) is 8.78 Å². The molecule has 0 aliphatic heterocycles. The van der Waals surface area contributed by atoms with Gasteiger partial charge in [0.05, 0.1) is 5.56 Å². The molecule has 0 bridgehead atoms. The largest absolute Gasteiger partial charge is 0.380 e. The zero-order valence-electron chi connectivity index (χ0n) is 10.3. The molecular weight excluding hydrogens is 262 g/mol. The van der Waals surface area contributed by atoms with Crippen LogP contribution in [-0.2, 0) is 0 Å². The normalized spacial score (nSPS) is 10.7. The molecule has 0 amide bonds. The number of nitrogens with zero attached hydrogens (tertiary/aromatic N) is 1. The van der Waals surface area contributed by atoms with Gasteiger partial charge >= 0.3 is 0 Å². The number of nitrogen functional groups attached to an aromatic ring is 1. The van der Waals surface area contributed by atoms with Gasteiger partial charge < -0.3 is 10.3 Å². The van der Waals surface area contributed by atoms with Gasteiger partial charge in [0.15, 0.2) is 11.6 Å². The maximum Gasteiger partial charge on any atom is 0.177 e. The number of aromatic nitrogens is 1. The van der Waals surface area contributed by atoms with E-state index in [1.807, 2.05) is 18.2 Å². The topological polar surface area (TPSA) is 52.0 Å². The summed E-state index contributed by atoms with van der Waals surface area (Å²) in [7, 11) is 0. The lowest BCUT2D eigenvalue weighted by Crippen LogP contribution is -1.92. The van der Waals surface area contributed by atoms with E-state index in [0.29, 0.717) is 11.3 Å². The number of benzene rings is 2. The monoisotopic (exact) mass is 272 g/mol. The van der Waals surface area contributed by atoms with Crippen molar-refractivity contribution in [2.75, 3.05) is 5.73 Å². The van der Waals surface area contributed by atoms with Crippen LogP contribution in [0.15, 0.2) is 53.1 Å². The fourth-order valence-corrected chi connectivity index (χ4v) is 2.04. The Hall–Kier alpha value is -2.69. The maximum atomic E-state index is 13.9. The fraction of sp³-hybridized carbons (Fsp3) is 0. The lowest BCUT2D eigenvalue weighted by molar-refractivity contribution is 0.436. The van der Waals surface area contributed by atoms with Crippen molar-refractivity contribution in [1.29, 1.82) is 0 Å². The van der Waals surface area contributed by atoms with Crippen molar-refractivity contribution in [3.05, 3.63) is 60.2 Å². The summed E-state index contributed by atoms with van der Waals surface area (Å²) in [6, 6.07) is 12.4. The predicted octanol–water partition coefficient (Wildman–Crippen LogP) is 3.87. The van der Waals surface area contributed by atoms with Gasteiger partial charge in [0.2, 0.25) is 0 Å². The molecule has 0 fully saturated rings. The predicted molar refractivity (Wildman–Crippen MR) is 71.7 cm³/mol. The molecule has 5 heteroatoms. The molecule has 2 aromatic carbocycles. The highest BCUT2D eigenvalue weighted by molar-refractivity contribution is 5.86. The van der Waals surface area contributed by atoms with Gasteiger partial charge in [-0.15, -0.1) is 0 Å². The Morgan fingerprint density at radius 1 is 1.00 bits per heavy atom. The average Bonchev–Trinajstić information content (AvgIpc) is 2.82. The van der Waals surface area contributed by atoms with E-state index in [4.69, 9.17) is 10.3 Å². The first-order chi connectivity index (χ1) is 9.66. The highest BCUT2D eigenvalue weighted by Gasteiger charge is 2.20. The minimum absolute atomic E-state index is 0.0642. The molecule has 0 unspecified atom stereocenters. The van der Waals surface area contributed by atoms with E-state index < -0.39 is 11.6 Å². The molecule has 3 aromatic rings. The molecule has 0 aliphatic carbocycles. The van der Waals surface area contributed by atoms with Crippen LogP contribution in [0.25, 0.3) is 22.5 Å². The van der Waals surface area contributed by atoms with E-state index in [1.165, 1.54) is 12.1 Å². The van der Waals surface area contributed by atoms with Gasteiger partial charge in [-0.25, -0.2) is 8.78 Å². The lowest BCUT2D eigenvalue weighted by atomic mass is 10.0. The van der Waals surface area contributed by atoms with Crippen LogP contribution in [0.3, 0.4) is 0 Å². The van der Waals surface area contributed by atoms with Crippen molar-refractivity contribution in [1.82, 2.24) is 5.16 Å². The standard InChI is InChI=1S/C15H10F2N2O/c16-10-6-7-11(12(17)8-10)13-14(20-19-15(13)18)9-4-2-1-3-5-9/h1-8H,(H2,18,19). The molecule has 0 atom stereocenters. The van der Waals surface area contributed by atoms with E-state index in [1.54, 1.807) is 12.1 Å². The van der Waals surface area contributed by atoms with Crippen molar-refractivity contribution < 1.29 is 13.3 Å². The molecule has 0 saturated heterocycles. The first kappa shape index (κ1) is 12.3. The number of halogens is 2. The van der Waals surface area contributed by atoms with Gasteiger partial charge in [0.1, 0.15) is 11.6 Å². The zero-order valence-corrected chi connectivity index (χ0v) is 10.3. The second kappa shape index (κ2) is 4.77. The second-order valence-electron chi connectivity index (χ2n) is 4.26. The summed E-state index contributed by atoms with van der Waals surface area (Å²) < 4.78 is 32.1. The Morgan fingerprint density at radius 3 is 2.45 bits per heavy atom. The van der Waals surface area contributed by atoms with E-state index >= 15 is 0 Å². The van der Waals surface area contributed by atoms with E-state index in [0.717, 1.165) is 11.6 Å². The molecule has 3 rings (SSSR count). The molecule has 100 valence electrons. The summed E-state index contributed by atoms with van der Waals surface area (Å²) in [6.07, 6.45) is 0. The smallest absolute Gasteiger partial charge is 0.177 e. The van der Waals surface area contributed by atoms with E-state index in [-0.39, 0.29) is 11.4 Å². The highest BCUT2D eigenvalue weighted by atomic mass is 19.1. The van der Waals surface area contributed by atoms with Crippen molar-refractivity contribution >= 4 is 5.82 Å². The Morgan fingerprint density at radius 2 is 1.75 bits per heavy atom. The third-order valence-corrected chi connectivity index (χ3v) is 2.95. The highest BCUT2D eigenvalue weighted by Crippen LogP contribution is 2.37. The first-order valence-corrected chi connectivity index (χ1v) is 5.93. The van der Waals surface area contributed by atoms with Crippen LogP contribution in [0, 0.1) is 11.6 Å². The molecule has 0 spiro atoms. The van der Waals surface area contributed by atoms with E-state index in [2.05, 4.69) is 5.16 Å². The quantitative estimate of drug-likeness (QED) is 0.770. The molecule has 0 saturated carbocycles. The van der Waals surface area contributed by atoms with Crippen molar-refractivity contribution in [3.8, 4) is 22.5 Å². The third kappa shape index (κ3) is 2.03. The number of hydrogen-bond donors (Lipinski definition) is 1. The summed E-state index contributed by atoms with van der Waals surface area (Å²) in [4.78, 5) is 0. The molecule has 20 heavy (non-hydrogen) atoms. The number of nitrogens with two attached hydrogens (primary N) is 1. The summed E-state index contributed by atoms with van der Waals surface area (Å²) in [5.74, 6) is -0.942. The number of anilines is 1. The average molecular weight is 272 g/mol. The van der Waals surface area contributed by atoms with Gasteiger partial charge in [-0.3, -0.25) is 0 Å². The molecule has 1 heterocycles. The van der Waals surface area contributed by atoms with Crippen LogP contribution in [0.5, 0.6) is 0 Å². The lowest BCUT2D eigenvalue weighted by Gasteiger charge is -2.04. The first-order valence-electron chi connectivity index (χ1n) is 5.93. The molecule has 3 nitrogen and oxygen atoms in total. The summed E-state index contributed by atoms with van der Waals surface area (Å²) in [6.45, 7) is 0. The molecule has 1 aromatic heterocycles. The summed E-state index contributed by atoms with van der Waals surface area (Å²) in [5.41, 5.74) is 6.95. The van der Waals surface area contributed by atoms with Crippen LogP contribution in [0.1, 0.15) is 0 Å². The van der Waals surface area contributed by atoms with Gasteiger partial charge in [0, 0.05) is 17.2 Å². The third-order valence-electron chi connectivity index (χ3n) is 2.95. The van der Waals surface area contributed by atoms with Crippen molar-refractivity contribution in [2.45, 2.75) is 0 Å². The summed E-state index contributed by atoms with van der Waals surface area (Å²) in [5, 5.41) is 3.68. The Balaban J connectivity index is 2.22. The van der Waals surface area contributed by atoms with Crippen molar-refractivity contribution in [3.63, 3.8) is 0 Å². The fourth-order valence-electron chi connectivity index (χ4n) is 2.04. The van der Waals surface area contributed by atoms with Crippen LogP contribution in [-0.4, -0.2) is 5.16 Å². The maximum absolute atomic E-state index is 13.9. The Kier molecular flexibility index (Phi) is 2.95. The second-order valence-corrected chi connectivity index (χ2v) is 4.26. The Bertz CT molecular complexity index is 754. The van der Waals surface area contributed by atoms with Gasteiger partial charge in [-0.05, 0) is 12.1 Å². The number of rotatable bonds is 2. The molecular formula is C15H10F2N2O. The number of hydrogen-bond acceptors (Lipinski definition) is 3. The van der Waals surface area contributed by atoms with Crippen LogP contribution >= 0.6 is 0 Å². The van der Waals surface area contributed by atoms with Gasteiger partial charge in [0.25, 0.3) is 0 Å². The minimum Gasteiger partial charge on any atom is -0.380 e. The van der Waals surface area contributed by atoms with Crippen molar-refractivity contribution in [2.24, 2.45) is 0 Å². The molecule has 2 N–H and O–H groups in total. The van der Waals surface area contributed by atoms with Gasteiger partial charge in [-0.2, -0.15) is 0 Å². The van der Waals surface area contributed by atoms with Crippen LogP contribution in [0.2, 0.25) is 0 Å². The minimum atomic E-state index is -0.711. The van der Waals surface area contributed by atoms with Crippen LogP contribution < -0.4 is 5.73 Å². The van der Waals surface area contributed by atoms with Gasteiger partial charge in [-0.1, -0.05) is 35.5 Å². The molecule has 0 radical (unpaired) electrons. The summed E-state index contributed by atoms with van der Waals surface area (Å²) >= 11 is 0. The van der Waals surface area contributed by atoms with Crippen LogP contribution in [0.4, 0.5) is 14.6 Å².